The Morgan fingerprint density at radius 3 is 2.63 bits per heavy atom. The molecule has 1 saturated heterocycles. The molecule has 0 saturated carbocycles. The molecule has 0 N–H and O–H groups in total. The first-order valence-corrected chi connectivity index (χ1v) is 7.84. The van der Waals surface area contributed by atoms with Crippen LogP contribution in [-0.4, -0.2) is 12.7 Å². The smallest absolute Gasteiger partial charge is 0.0644 e. The van der Waals surface area contributed by atoms with Gasteiger partial charge in [0.1, 0.15) is 0 Å². The van der Waals surface area contributed by atoms with E-state index in [0.29, 0.717) is 5.92 Å². The van der Waals surface area contributed by atoms with E-state index in [9.17, 15) is 0 Å². The third-order valence-electron chi connectivity index (χ3n) is 4.01. The Kier molecular flexibility index (Phi) is 3.84. The molecule has 1 aliphatic heterocycles. The molecule has 0 aliphatic carbocycles. The van der Waals surface area contributed by atoms with E-state index in [1.54, 1.807) is 0 Å². The zero-order chi connectivity index (χ0) is 13.4. The molecule has 19 heavy (non-hydrogen) atoms. The quantitative estimate of drug-likeness (QED) is 0.674. The molecule has 100 valence electrons. The van der Waals surface area contributed by atoms with E-state index in [1.165, 1.54) is 16.3 Å². The largest absolute Gasteiger partial charge is 0.378 e. The summed E-state index contributed by atoms with van der Waals surface area (Å²) >= 11 is 10.4. The van der Waals surface area contributed by atoms with Crippen molar-refractivity contribution in [3.05, 3.63) is 46.4 Å². The molecule has 3 rings (SSSR count). The zero-order valence-electron chi connectivity index (χ0n) is 10.8. The second kappa shape index (κ2) is 5.43. The molecule has 1 nitrogen and oxygen atoms in total. The number of hydrogen-bond acceptors (Lipinski definition) is 1. The maximum Gasteiger partial charge on any atom is 0.0644 e. The molecular formula is C16H16BrClO. The molecule has 0 bridgehead atoms. The van der Waals surface area contributed by atoms with Gasteiger partial charge in [0.2, 0.25) is 0 Å². The van der Waals surface area contributed by atoms with Crippen molar-refractivity contribution in [2.24, 2.45) is 5.92 Å². The molecule has 1 heterocycles. The lowest BCUT2D eigenvalue weighted by Crippen LogP contribution is -2.16. The average molecular weight is 340 g/mol. The van der Waals surface area contributed by atoms with Crippen LogP contribution in [-0.2, 0) is 4.74 Å². The van der Waals surface area contributed by atoms with Crippen molar-refractivity contribution >= 4 is 38.3 Å². The molecule has 0 aromatic heterocycles. The van der Waals surface area contributed by atoms with Crippen molar-refractivity contribution in [1.82, 2.24) is 0 Å². The minimum Gasteiger partial charge on any atom is -0.378 e. The molecule has 3 atom stereocenters. The van der Waals surface area contributed by atoms with E-state index in [-0.39, 0.29) is 11.5 Å². The van der Waals surface area contributed by atoms with Gasteiger partial charge in [-0.3, -0.25) is 0 Å². The summed E-state index contributed by atoms with van der Waals surface area (Å²) < 4.78 is 6.77. The van der Waals surface area contributed by atoms with E-state index in [2.05, 4.69) is 59.3 Å². The molecule has 3 heteroatoms. The number of rotatable bonds is 2. The predicted molar refractivity (Wildman–Crippen MR) is 83.8 cm³/mol. The maximum atomic E-state index is 6.74. The van der Waals surface area contributed by atoms with E-state index in [0.717, 1.165) is 17.5 Å². The van der Waals surface area contributed by atoms with Gasteiger partial charge in [0.15, 0.2) is 0 Å². The number of hydrogen-bond donors (Lipinski definition) is 0. The number of benzene rings is 2. The molecule has 0 radical (unpaired) electrons. The van der Waals surface area contributed by atoms with Crippen molar-refractivity contribution in [3.8, 4) is 0 Å². The van der Waals surface area contributed by atoms with E-state index in [4.69, 9.17) is 16.3 Å². The van der Waals surface area contributed by atoms with Gasteiger partial charge >= 0.3 is 0 Å². The maximum absolute atomic E-state index is 6.74. The van der Waals surface area contributed by atoms with Crippen molar-refractivity contribution in [2.45, 2.75) is 24.8 Å². The van der Waals surface area contributed by atoms with Gasteiger partial charge in [0.05, 0.1) is 11.5 Å². The highest BCUT2D eigenvalue weighted by atomic mass is 79.9. The van der Waals surface area contributed by atoms with Crippen LogP contribution in [0.1, 0.15) is 24.3 Å². The van der Waals surface area contributed by atoms with Gasteiger partial charge in [0.25, 0.3) is 0 Å². The first kappa shape index (κ1) is 13.4. The predicted octanol–water partition coefficient (Wildman–Crippen LogP) is 5.31. The highest BCUT2D eigenvalue weighted by Crippen LogP contribution is 2.41. The SMILES string of the molecule is CC1OCCC1C(Cl)c1ccc(Br)c2ccccc12. The lowest BCUT2D eigenvalue weighted by Gasteiger charge is -2.22. The fourth-order valence-electron chi connectivity index (χ4n) is 2.89. The average Bonchev–Trinajstić information content (AvgIpc) is 2.85. The fourth-order valence-corrected chi connectivity index (χ4v) is 3.89. The minimum absolute atomic E-state index is 0.00972. The summed E-state index contributed by atoms with van der Waals surface area (Å²) in [6.07, 6.45) is 1.28. The monoisotopic (exact) mass is 338 g/mol. The van der Waals surface area contributed by atoms with Crippen LogP contribution in [0.15, 0.2) is 40.9 Å². The Morgan fingerprint density at radius 1 is 1.21 bits per heavy atom. The summed E-state index contributed by atoms with van der Waals surface area (Å²) in [5.41, 5.74) is 1.21. The van der Waals surface area contributed by atoms with Crippen molar-refractivity contribution in [1.29, 1.82) is 0 Å². The lowest BCUT2D eigenvalue weighted by molar-refractivity contribution is 0.105. The Balaban J connectivity index is 2.07. The van der Waals surface area contributed by atoms with Gasteiger partial charge in [0, 0.05) is 17.0 Å². The number of ether oxygens (including phenoxy) is 1. The van der Waals surface area contributed by atoms with Crippen LogP contribution in [0.5, 0.6) is 0 Å². The van der Waals surface area contributed by atoms with E-state index >= 15 is 0 Å². The van der Waals surface area contributed by atoms with Gasteiger partial charge in [-0.1, -0.05) is 46.3 Å². The highest BCUT2D eigenvalue weighted by molar-refractivity contribution is 9.10. The van der Waals surface area contributed by atoms with Gasteiger partial charge in [-0.15, -0.1) is 11.6 Å². The molecule has 1 aliphatic rings. The van der Waals surface area contributed by atoms with Gasteiger partial charge in [-0.25, -0.2) is 0 Å². The van der Waals surface area contributed by atoms with E-state index < -0.39 is 0 Å². The Labute approximate surface area is 127 Å². The van der Waals surface area contributed by atoms with Crippen LogP contribution in [0.3, 0.4) is 0 Å². The second-order valence-electron chi connectivity index (χ2n) is 5.11. The highest BCUT2D eigenvalue weighted by Gasteiger charge is 2.32. The molecule has 0 amide bonds. The lowest BCUT2D eigenvalue weighted by atomic mass is 9.90. The molecular weight excluding hydrogens is 324 g/mol. The molecule has 3 unspecified atom stereocenters. The van der Waals surface area contributed by atoms with Gasteiger partial charge in [-0.05, 0) is 35.7 Å². The topological polar surface area (TPSA) is 9.23 Å². The minimum atomic E-state index is 0.00972. The first-order chi connectivity index (χ1) is 9.18. The molecule has 2 aromatic rings. The first-order valence-electron chi connectivity index (χ1n) is 6.61. The third kappa shape index (κ3) is 2.42. The van der Waals surface area contributed by atoms with Gasteiger partial charge in [-0.2, -0.15) is 0 Å². The third-order valence-corrected chi connectivity index (χ3v) is 5.26. The number of halogens is 2. The van der Waals surface area contributed by atoms with Crippen LogP contribution in [0.4, 0.5) is 0 Å². The number of alkyl halides is 1. The van der Waals surface area contributed by atoms with Crippen molar-refractivity contribution in [2.75, 3.05) is 6.61 Å². The van der Waals surface area contributed by atoms with Crippen LogP contribution in [0.2, 0.25) is 0 Å². The van der Waals surface area contributed by atoms with E-state index in [1.807, 2.05) is 0 Å². The van der Waals surface area contributed by atoms with Crippen LogP contribution < -0.4 is 0 Å². The summed E-state index contributed by atoms with van der Waals surface area (Å²) in [6, 6.07) is 12.6. The van der Waals surface area contributed by atoms with Crippen LogP contribution in [0.25, 0.3) is 10.8 Å². The second-order valence-corrected chi connectivity index (χ2v) is 6.44. The molecule has 0 spiro atoms. The summed E-state index contributed by atoms with van der Waals surface area (Å²) in [7, 11) is 0. The summed E-state index contributed by atoms with van der Waals surface area (Å²) in [4.78, 5) is 0. The summed E-state index contributed by atoms with van der Waals surface area (Å²) in [5.74, 6) is 0.395. The standard InChI is InChI=1S/C16H16BrClO/c1-10-11(8-9-19-10)16(18)14-6-7-15(17)13-5-3-2-4-12(13)14/h2-7,10-11,16H,8-9H2,1H3. The normalized spacial score (nSPS) is 24.8. The Bertz CT molecular complexity index is 598. The van der Waals surface area contributed by atoms with Crippen molar-refractivity contribution in [3.63, 3.8) is 0 Å². The van der Waals surface area contributed by atoms with Gasteiger partial charge < -0.3 is 4.74 Å². The van der Waals surface area contributed by atoms with Crippen molar-refractivity contribution < 1.29 is 4.74 Å². The summed E-state index contributed by atoms with van der Waals surface area (Å²) in [5, 5.41) is 2.46. The molecule has 1 fully saturated rings. The fraction of sp³-hybridized carbons (Fsp3) is 0.375. The molecule has 2 aromatic carbocycles. The number of fused-ring (bicyclic) bond motifs is 1. The van der Waals surface area contributed by atoms with Crippen LogP contribution in [0, 0.1) is 5.92 Å². The summed E-state index contributed by atoms with van der Waals surface area (Å²) in [6.45, 7) is 2.94. The Hall–Kier alpha value is -0.570. The Morgan fingerprint density at radius 2 is 1.95 bits per heavy atom. The zero-order valence-corrected chi connectivity index (χ0v) is 13.1. The van der Waals surface area contributed by atoms with Crippen LogP contribution >= 0.6 is 27.5 Å².